The summed E-state index contributed by atoms with van der Waals surface area (Å²) < 4.78 is 60.3. The van der Waals surface area contributed by atoms with Crippen molar-refractivity contribution in [3.63, 3.8) is 0 Å². The molecule has 0 fully saturated rings. The van der Waals surface area contributed by atoms with E-state index >= 15 is 0 Å². The van der Waals surface area contributed by atoms with E-state index in [4.69, 9.17) is 0 Å². The molecule has 0 aliphatic heterocycles. The van der Waals surface area contributed by atoms with Gasteiger partial charge in [0.1, 0.15) is 5.82 Å². The Labute approximate surface area is 108 Å². The first-order chi connectivity index (χ1) is 8.65. The predicted molar refractivity (Wildman–Crippen MR) is 59.6 cm³/mol. The normalized spacial score (nSPS) is 12.9. The third kappa shape index (κ3) is 4.80. The summed E-state index contributed by atoms with van der Waals surface area (Å²) in [4.78, 5) is 9.07. The Kier molecular flexibility index (Phi) is 4.93. The standard InChI is InChI=1S/C9H14F3N3O3S/c1-3-4-15-5-8(13-7(15)2)19(16,17)14-18-6-9(10,11)12/h5,14H,3-4,6H2,1-2H3. The lowest BCUT2D eigenvalue weighted by molar-refractivity contribution is -0.181. The summed E-state index contributed by atoms with van der Waals surface area (Å²) >= 11 is 0. The van der Waals surface area contributed by atoms with E-state index < -0.39 is 22.8 Å². The third-order valence-corrected chi connectivity index (χ3v) is 3.18. The zero-order valence-electron chi connectivity index (χ0n) is 10.4. The Balaban J connectivity index is 2.75. The summed E-state index contributed by atoms with van der Waals surface area (Å²) in [6.45, 7) is 2.36. The molecule has 0 spiro atoms. The van der Waals surface area contributed by atoms with Crippen molar-refractivity contribution in [2.75, 3.05) is 6.61 Å². The van der Waals surface area contributed by atoms with Gasteiger partial charge in [-0.1, -0.05) is 11.8 Å². The zero-order chi connectivity index (χ0) is 14.7. The Morgan fingerprint density at radius 3 is 2.63 bits per heavy atom. The molecule has 0 unspecified atom stereocenters. The predicted octanol–water partition coefficient (Wildman–Crippen LogP) is 1.37. The highest BCUT2D eigenvalue weighted by Crippen LogP contribution is 2.15. The van der Waals surface area contributed by atoms with Gasteiger partial charge in [-0.05, 0) is 13.3 Å². The van der Waals surface area contributed by atoms with E-state index in [2.05, 4.69) is 9.82 Å². The minimum absolute atomic E-state index is 0.374. The van der Waals surface area contributed by atoms with Crippen LogP contribution in [-0.2, 0) is 21.4 Å². The number of alkyl halides is 3. The van der Waals surface area contributed by atoms with Crippen molar-refractivity contribution >= 4 is 10.0 Å². The minimum Gasteiger partial charge on any atom is -0.334 e. The van der Waals surface area contributed by atoms with Gasteiger partial charge < -0.3 is 4.57 Å². The van der Waals surface area contributed by atoms with E-state index in [1.54, 1.807) is 11.5 Å². The zero-order valence-corrected chi connectivity index (χ0v) is 11.2. The maximum atomic E-state index is 11.8. The van der Waals surface area contributed by atoms with Crippen LogP contribution in [0, 0.1) is 6.92 Å². The van der Waals surface area contributed by atoms with Crippen molar-refractivity contribution in [2.45, 2.75) is 38.0 Å². The molecule has 1 heterocycles. The highest BCUT2D eigenvalue weighted by molar-refractivity contribution is 7.89. The molecular weight excluding hydrogens is 287 g/mol. The fourth-order valence-corrected chi connectivity index (χ4v) is 2.13. The molecule has 0 aromatic carbocycles. The summed E-state index contributed by atoms with van der Waals surface area (Å²) in [7, 11) is -4.21. The van der Waals surface area contributed by atoms with Crippen LogP contribution >= 0.6 is 0 Å². The molecule has 0 atom stereocenters. The number of sulfonamides is 1. The fraction of sp³-hybridized carbons (Fsp3) is 0.667. The van der Waals surface area contributed by atoms with Gasteiger partial charge in [-0.25, -0.2) is 13.4 Å². The lowest BCUT2D eigenvalue weighted by Gasteiger charge is -2.07. The van der Waals surface area contributed by atoms with Gasteiger partial charge in [0, 0.05) is 12.7 Å². The van der Waals surface area contributed by atoms with E-state index in [-0.39, 0.29) is 5.03 Å². The Morgan fingerprint density at radius 1 is 1.47 bits per heavy atom. The van der Waals surface area contributed by atoms with Crippen LogP contribution in [0.3, 0.4) is 0 Å². The molecule has 0 radical (unpaired) electrons. The quantitative estimate of drug-likeness (QED) is 0.806. The molecule has 10 heteroatoms. The van der Waals surface area contributed by atoms with Gasteiger partial charge in [-0.2, -0.15) is 13.2 Å². The Hall–Kier alpha value is -1.13. The van der Waals surface area contributed by atoms with E-state index in [0.29, 0.717) is 12.4 Å². The molecule has 1 rings (SSSR count). The van der Waals surface area contributed by atoms with Crippen molar-refractivity contribution in [1.29, 1.82) is 0 Å². The van der Waals surface area contributed by atoms with E-state index in [9.17, 15) is 21.6 Å². The largest absolute Gasteiger partial charge is 0.413 e. The number of hydrogen-bond donors (Lipinski definition) is 1. The lowest BCUT2D eigenvalue weighted by Crippen LogP contribution is -2.29. The molecule has 0 aliphatic rings. The summed E-state index contributed by atoms with van der Waals surface area (Å²) in [6.07, 6.45) is -2.59. The van der Waals surface area contributed by atoms with Gasteiger partial charge in [0.25, 0.3) is 10.0 Å². The molecule has 6 nitrogen and oxygen atoms in total. The third-order valence-electron chi connectivity index (χ3n) is 2.10. The molecule has 0 aliphatic carbocycles. The van der Waals surface area contributed by atoms with Crippen LogP contribution in [-0.4, -0.2) is 30.8 Å². The molecule has 1 aromatic heterocycles. The molecule has 1 N–H and O–H groups in total. The summed E-state index contributed by atoms with van der Waals surface area (Å²) in [5.41, 5.74) is 0. The average molecular weight is 301 g/mol. The molecule has 0 bridgehead atoms. The number of hydrogen-bond acceptors (Lipinski definition) is 4. The molecule has 0 saturated heterocycles. The average Bonchev–Trinajstić information content (AvgIpc) is 2.59. The second kappa shape index (κ2) is 5.88. The second-order valence-corrected chi connectivity index (χ2v) is 5.40. The molecule has 0 saturated carbocycles. The summed E-state index contributed by atoms with van der Waals surface area (Å²) in [6, 6.07) is 0. The van der Waals surface area contributed by atoms with Crippen molar-refractivity contribution in [3.05, 3.63) is 12.0 Å². The lowest BCUT2D eigenvalue weighted by atomic mass is 10.5. The Bertz CT molecular complexity index is 525. The number of imidazole rings is 1. The number of halogens is 3. The maximum Gasteiger partial charge on any atom is 0.413 e. The van der Waals surface area contributed by atoms with Gasteiger partial charge in [-0.3, -0.25) is 4.84 Å². The molecule has 0 amide bonds. The van der Waals surface area contributed by atoms with E-state index in [1.165, 1.54) is 11.1 Å². The number of aromatic nitrogens is 2. The highest BCUT2D eigenvalue weighted by Gasteiger charge is 2.29. The Morgan fingerprint density at radius 2 is 2.11 bits per heavy atom. The molecule has 19 heavy (non-hydrogen) atoms. The number of nitrogens with zero attached hydrogens (tertiary/aromatic N) is 2. The maximum absolute atomic E-state index is 11.8. The topological polar surface area (TPSA) is 73.2 Å². The van der Waals surface area contributed by atoms with Crippen LogP contribution in [0.1, 0.15) is 19.2 Å². The van der Waals surface area contributed by atoms with Gasteiger partial charge >= 0.3 is 6.18 Å². The first-order valence-electron chi connectivity index (χ1n) is 5.40. The molecular formula is C9H14F3N3O3S. The molecule has 1 aromatic rings. The first kappa shape index (κ1) is 15.9. The van der Waals surface area contributed by atoms with Crippen molar-refractivity contribution in [1.82, 2.24) is 14.4 Å². The van der Waals surface area contributed by atoms with E-state index in [1.807, 2.05) is 6.92 Å². The fourth-order valence-electron chi connectivity index (χ4n) is 1.31. The van der Waals surface area contributed by atoms with Crippen LogP contribution in [0.4, 0.5) is 13.2 Å². The second-order valence-electron chi connectivity index (χ2n) is 3.81. The van der Waals surface area contributed by atoms with Crippen molar-refractivity contribution in [3.8, 4) is 0 Å². The summed E-state index contributed by atoms with van der Waals surface area (Å²) in [5.74, 6) is 0.457. The van der Waals surface area contributed by atoms with Gasteiger partial charge in [0.05, 0.1) is 0 Å². The first-order valence-corrected chi connectivity index (χ1v) is 6.88. The number of rotatable bonds is 6. The van der Waals surface area contributed by atoms with Crippen LogP contribution < -0.4 is 4.89 Å². The van der Waals surface area contributed by atoms with Gasteiger partial charge in [-0.15, -0.1) is 0 Å². The van der Waals surface area contributed by atoms with Crippen LogP contribution in [0.2, 0.25) is 0 Å². The van der Waals surface area contributed by atoms with Crippen LogP contribution in [0.15, 0.2) is 11.2 Å². The smallest absolute Gasteiger partial charge is 0.334 e. The van der Waals surface area contributed by atoms with Crippen LogP contribution in [0.5, 0.6) is 0 Å². The molecule has 110 valence electrons. The minimum atomic E-state index is -4.61. The number of aryl methyl sites for hydroxylation is 2. The monoisotopic (exact) mass is 301 g/mol. The van der Waals surface area contributed by atoms with Gasteiger partial charge in [0.15, 0.2) is 11.6 Å². The van der Waals surface area contributed by atoms with E-state index in [0.717, 1.165) is 6.42 Å². The van der Waals surface area contributed by atoms with Crippen molar-refractivity contribution < 1.29 is 26.4 Å². The van der Waals surface area contributed by atoms with Crippen LogP contribution in [0.25, 0.3) is 0 Å². The highest BCUT2D eigenvalue weighted by atomic mass is 32.2. The summed E-state index contributed by atoms with van der Waals surface area (Å²) in [5, 5.41) is -0.374. The van der Waals surface area contributed by atoms with Gasteiger partial charge in [0.2, 0.25) is 0 Å². The SMILES string of the molecule is CCCn1cc(S(=O)(=O)NOCC(F)(F)F)nc1C. The van der Waals surface area contributed by atoms with Crippen molar-refractivity contribution in [2.24, 2.45) is 0 Å². The number of nitrogens with one attached hydrogen (secondary N) is 1.